The molecule has 7 rings (SSSR count). The van der Waals surface area contributed by atoms with Crippen molar-refractivity contribution in [1.82, 2.24) is 50.5 Å². The second kappa shape index (κ2) is 8.96. The molecular weight excluding hydrogens is 520 g/mol. The molecule has 12 nitrogen and oxygen atoms in total. The van der Waals surface area contributed by atoms with Crippen LogP contribution in [-0.2, 0) is 22.6 Å². The number of halogens is 1. The van der Waals surface area contributed by atoms with Crippen molar-refractivity contribution in [1.29, 1.82) is 0 Å². The van der Waals surface area contributed by atoms with Crippen LogP contribution < -0.4 is 5.32 Å². The van der Waals surface area contributed by atoms with Crippen molar-refractivity contribution in [3.05, 3.63) is 89.2 Å². The zero-order valence-corrected chi connectivity index (χ0v) is 20.8. The number of para-hydroxylation sites is 1. The van der Waals surface area contributed by atoms with Crippen molar-refractivity contribution < 1.29 is 9.59 Å². The van der Waals surface area contributed by atoms with Gasteiger partial charge in [-0.15, -0.1) is 5.10 Å². The molecule has 0 aliphatic carbocycles. The third-order valence-corrected chi connectivity index (χ3v) is 6.78. The Labute approximate surface area is 224 Å². The Morgan fingerprint density at radius 3 is 2.46 bits per heavy atom. The first-order chi connectivity index (χ1) is 19.1. The molecule has 0 saturated carbocycles. The number of carbonyl (C=O) groups excluding carboxylic acids is 2. The van der Waals surface area contributed by atoms with Gasteiger partial charge < -0.3 is 0 Å². The van der Waals surface area contributed by atoms with Crippen molar-refractivity contribution in [3.63, 3.8) is 0 Å². The van der Waals surface area contributed by atoms with Gasteiger partial charge >= 0.3 is 0 Å². The maximum atomic E-state index is 13.3. The average Bonchev–Trinajstić information content (AvgIpc) is 3.73. The Morgan fingerprint density at radius 1 is 0.872 bits per heavy atom. The molecule has 5 heterocycles. The quantitative estimate of drug-likeness (QED) is 0.309. The highest BCUT2D eigenvalue weighted by Crippen LogP contribution is 2.38. The molecular formula is C26H17ClN10O2. The Balaban J connectivity index is 1.46. The number of nitrogens with zero attached hydrogens (tertiary/aromatic N) is 8. The minimum absolute atomic E-state index is 0.129. The van der Waals surface area contributed by atoms with Gasteiger partial charge in [-0.05, 0) is 46.8 Å². The Kier molecular flexibility index (Phi) is 5.27. The van der Waals surface area contributed by atoms with Crippen LogP contribution in [-0.4, -0.2) is 57.0 Å². The van der Waals surface area contributed by atoms with E-state index >= 15 is 0 Å². The molecule has 190 valence electrons. The number of imide groups is 1. The standard InChI is InChI=1S/C26H17ClN10O2/c27-14-7-8-19-17(12-14)24(33-37(19)15-4-3-10-28-13-15)22-21(25(38)29-26(22)39)23-16-5-1-2-6-18(16)36(32-23)11-9-20-30-34-35-31-20/h1-8,10,12-13H,9,11H2,(H,29,38,39)(H,30,31,34,35). The lowest BCUT2D eigenvalue weighted by Crippen LogP contribution is -2.23. The molecule has 0 fully saturated rings. The lowest BCUT2D eigenvalue weighted by atomic mass is 9.99. The minimum atomic E-state index is -0.556. The largest absolute Gasteiger partial charge is 0.288 e. The van der Waals surface area contributed by atoms with Gasteiger partial charge in [0.25, 0.3) is 11.8 Å². The third kappa shape index (κ3) is 3.77. The minimum Gasteiger partial charge on any atom is -0.288 e. The zero-order valence-electron chi connectivity index (χ0n) is 20.0. The molecule has 0 radical (unpaired) electrons. The number of nitrogens with one attached hydrogen (secondary N) is 2. The number of carbonyl (C=O) groups is 2. The van der Waals surface area contributed by atoms with Crippen molar-refractivity contribution in [2.45, 2.75) is 13.0 Å². The third-order valence-electron chi connectivity index (χ3n) is 6.54. The Hall–Kier alpha value is -5.23. The number of rotatable bonds is 6. The smallest absolute Gasteiger partial charge is 0.261 e. The van der Waals surface area contributed by atoms with E-state index in [9.17, 15) is 9.59 Å². The van der Waals surface area contributed by atoms with Crippen molar-refractivity contribution in [3.8, 4) is 5.69 Å². The number of aromatic nitrogens is 9. The topological polar surface area (TPSA) is 149 Å². The number of benzene rings is 2. The molecule has 0 bridgehead atoms. The summed E-state index contributed by atoms with van der Waals surface area (Å²) in [6.07, 6.45) is 3.82. The predicted molar refractivity (Wildman–Crippen MR) is 141 cm³/mol. The summed E-state index contributed by atoms with van der Waals surface area (Å²) in [5.74, 6) is -0.496. The normalized spacial score (nSPS) is 13.7. The van der Waals surface area contributed by atoms with Gasteiger partial charge in [0.15, 0.2) is 0 Å². The van der Waals surface area contributed by atoms with Crippen LogP contribution in [0.25, 0.3) is 38.6 Å². The summed E-state index contributed by atoms with van der Waals surface area (Å²) in [5, 5.41) is 27.7. The van der Waals surface area contributed by atoms with Crippen LogP contribution >= 0.6 is 11.6 Å². The molecule has 13 heteroatoms. The number of H-pyrrole nitrogens is 1. The number of hydrogen-bond acceptors (Lipinski definition) is 8. The van der Waals surface area contributed by atoms with Crippen LogP contribution in [0.1, 0.15) is 17.2 Å². The zero-order chi connectivity index (χ0) is 26.5. The lowest BCUT2D eigenvalue weighted by molar-refractivity contribution is -0.122. The summed E-state index contributed by atoms with van der Waals surface area (Å²) in [6.45, 7) is 0.448. The van der Waals surface area contributed by atoms with Crippen LogP contribution in [0, 0.1) is 0 Å². The van der Waals surface area contributed by atoms with Crippen LogP contribution in [0.3, 0.4) is 0 Å². The van der Waals surface area contributed by atoms with Crippen LogP contribution in [0.4, 0.5) is 0 Å². The molecule has 0 saturated heterocycles. The van der Waals surface area contributed by atoms with Crippen LogP contribution in [0.2, 0.25) is 5.02 Å². The number of pyridine rings is 1. The summed E-state index contributed by atoms with van der Waals surface area (Å²) in [6, 6.07) is 16.5. The molecule has 6 aromatic rings. The number of tetrazole rings is 1. The van der Waals surface area contributed by atoms with Gasteiger partial charge in [-0.3, -0.25) is 24.6 Å². The molecule has 2 amide bonds. The fourth-order valence-electron chi connectivity index (χ4n) is 4.84. The summed E-state index contributed by atoms with van der Waals surface area (Å²) in [5.41, 5.74) is 3.18. The van der Waals surface area contributed by atoms with Crippen LogP contribution in [0.5, 0.6) is 0 Å². The van der Waals surface area contributed by atoms with E-state index in [0.29, 0.717) is 51.8 Å². The lowest BCUT2D eigenvalue weighted by Gasteiger charge is -2.02. The molecule has 4 aromatic heterocycles. The van der Waals surface area contributed by atoms with E-state index in [1.54, 1.807) is 40.0 Å². The fraction of sp³-hybridized carbons (Fsp3) is 0.0769. The van der Waals surface area contributed by atoms with Gasteiger partial charge in [-0.1, -0.05) is 29.8 Å². The van der Waals surface area contributed by atoms with Gasteiger partial charge in [-0.2, -0.15) is 10.2 Å². The molecule has 0 unspecified atom stereocenters. The predicted octanol–water partition coefficient (Wildman–Crippen LogP) is 2.75. The van der Waals surface area contributed by atoms with Gasteiger partial charge in [0.1, 0.15) is 17.2 Å². The molecule has 2 aromatic carbocycles. The van der Waals surface area contributed by atoms with E-state index in [0.717, 1.165) is 10.9 Å². The molecule has 2 N–H and O–H groups in total. The first-order valence-corrected chi connectivity index (χ1v) is 12.3. The summed E-state index contributed by atoms with van der Waals surface area (Å²) >= 11 is 6.36. The maximum absolute atomic E-state index is 13.3. The number of hydrogen-bond donors (Lipinski definition) is 2. The molecule has 0 spiro atoms. The van der Waals surface area contributed by atoms with Crippen LogP contribution in [0.15, 0.2) is 67.0 Å². The van der Waals surface area contributed by atoms with Crippen molar-refractivity contribution in [2.75, 3.05) is 0 Å². The monoisotopic (exact) mass is 536 g/mol. The van der Waals surface area contributed by atoms with Gasteiger partial charge in [0, 0.05) is 35.0 Å². The van der Waals surface area contributed by atoms with E-state index in [4.69, 9.17) is 21.8 Å². The number of amides is 2. The number of fused-ring (bicyclic) bond motifs is 2. The van der Waals surface area contributed by atoms with E-state index in [-0.39, 0.29) is 11.1 Å². The molecule has 0 atom stereocenters. The maximum Gasteiger partial charge on any atom is 0.261 e. The first kappa shape index (κ1) is 22.9. The second-order valence-corrected chi connectivity index (χ2v) is 9.29. The number of aromatic amines is 1. The van der Waals surface area contributed by atoms with E-state index in [2.05, 4.69) is 30.9 Å². The summed E-state index contributed by atoms with van der Waals surface area (Å²) in [4.78, 5) is 30.8. The molecule has 1 aliphatic heterocycles. The van der Waals surface area contributed by atoms with Gasteiger partial charge in [-0.25, -0.2) is 9.78 Å². The molecule has 1 aliphatic rings. The van der Waals surface area contributed by atoms with Gasteiger partial charge in [0.05, 0.1) is 34.1 Å². The first-order valence-electron chi connectivity index (χ1n) is 12.0. The fourth-order valence-corrected chi connectivity index (χ4v) is 5.01. The van der Waals surface area contributed by atoms with E-state index in [1.807, 2.05) is 36.4 Å². The SMILES string of the molecule is O=C1NC(=O)C(c2nn(-c3cccnc3)c3ccc(Cl)cc23)=C1c1nn(CCc2nnn[nH]2)c2ccccc12. The van der Waals surface area contributed by atoms with E-state index < -0.39 is 11.8 Å². The Morgan fingerprint density at radius 2 is 1.69 bits per heavy atom. The molecule has 39 heavy (non-hydrogen) atoms. The summed E-state index contributed by atoms with van der Waals surface area (Å²) in [7, 11) is 0. The average molecular weight is 537 g/mol. The van der Waals surface area contributed by atoms with E-state index in [1.165, 1.54) is 0 Å². The van der Waals surface area contributed by atoms with Crippen molar-refractivity contribution >= 4 is 56.4 Å². The second-order valence-electron chi connectivity index (χ2n) is 8.85. The number of aryl methyl sites for hydroxylation is 2. The van der Waals surface area contributed by atoms with Crippen molar-refractivity contribution in [2.24, 2.45) is 0 Å². The van der Waals surface area contributed by atoms with Gasteiger partial charge in [0.2, 0.25) is 0 Å². The Bertz CT molecular complexity index is 1940. The highest BCUT2D eigenvalue weighted by atomic mass is 35.5. The highest BCUT2D eigenvalue weighted by Gasteiger charge is 2.37. The highest BCUT2D eigenvalue weighted by molar-refractivity contribution is 6.50. The summed E-state index contributed by atoms with van der Waals surface area (Å²) < 4.78 is 3.45.